The molecule has 0 saturated carbocycles. The standard InChI is InChI=1S/C21H24BrN5O/c1-15(2)11-21(3,17-7-4-8-18(22)10-17)24-20(28)19-14-27(26-25-19)13-16-6-5-9-23-12-16/h4-10,12,14-15H,11,13H2,1-3H3,(H,24,28)/t21-/m1/s1. The third kappa shape index (κ3) is 5.04. The summed E-state index contributed by atoms with van der Waals surface area (Å²) in [6.45, 7) is 6.86. The van der Waals surface area contributed by atoms with Crippen LogP contribution in [0.4, 0.5) is 0 Å². The highest BCUT2D eigenvalue weighted by Gasteiger charge is 2.31. The number of amides is 1. The van der Waals surface area contributed by atoms with E-state index in [4.69, 9.17) is 0 Å². The van der Waals surface area contributed by atoms with E-state index in [0.717, 1.165) is 22.0 Å². The summed E-state index contributed by atoms with van der Waals surface area (Å²) in [6, 6.07) is 11.9. The van der Waals surface area contributed by atoms with Crippen molar-refractivity contribution < 1.29 is 4.79 Å². The lowest BCUT2D eigenvalue weighted by Gasteiger charge is -2.33. The van der Waals surface area contributed by atoms with Crippen LogP contribution in [-0.2, 0) is 12.1 Å². The molecule has 0 saturated heterocycles. The lowest BCUT2D eigenvalue weighted by atomic mass is 9.84. The van der Waals surface area contributed by atoms with Crippen LogP contribution in [0.3, 0.4) is 0 Å². The monoisotopic (exact) mass is 441 g/mol. The minimum Gasteiger partial charge on any atom is -0.341 e. The lowest BCUT2D eigenvalue weighted by molar-refractivity contribution is 0.0887. The summed E-state index contributed by atoms with van der Waals surface area (Å²) >= 11 is 3.52. The van der Waals surface area contributed by atoms with Gasteiger partial charge in [0.15, 0.2) is 5.69 Å². The number of halogens is 1. The fraction of sp³-hybridized carbons (Fsp3) is 0.333. The van der Waals surface area contributed by atoms with Crippen LogP contribution in [0, 0.1) is 5.92 Å². The number of nitrogens with zero attached hydrogens (tertiary/aromatic N) is 4. The molecule has 0 bridgehead atoms. The predicted molar refractivity (Wildman–Crippen MR) is 112 cm³/mol. The van der Waals surface area contributed by atoms with Crippen LogP contribution >= 0.6 is 15.9 Å². The van der Waals surface area contributed by atoms with Crippen LogP contribution in [0.2, 0.25) is 0 Å². The number of benzene rings is 1. The van der Waals surface area contributed by atoms with E-state index in [9.17, 15) is 4.79 Å². The molecular weight excluding hydrogens is 418 g/mol. The molecule has 3 rings (SSSR count). The van der Waals surface area contributed by atoms with E-state index >= 15 is 0 Å². The van der Waals surface area contributed by atoms with E-state index in [-0.39, 0.29) is 5.91 Å². The zero-order valence-corrected chi connectivity index (χ0v) is 17.8. The quantitative estimate of drug-likeness (QED) is 0.596. The first-order valence-corrected chi connectivity index (χ1v) is 10.0. The van der Waals surface area contributed by atoms with E-state index in [2.05, 4.69) is 50.4 Å². The maximum absolute atomic E-state index is 12.9. The molecule has 1 N–H and O–H groups in total. The first-order valence-electron chi connectivity index (χ1n) is 9.23. The Morgan fingerprint density at radius 2 is 2.11 bits per heavy atom. The summed E-state index contributed by atoms with van der Waals surface area (Å²) in [5.74, 6) is 0.172. The maximum atomic E-state index is 12.9. The van der Waals surface area contributed by atoms with Crippen LogP contribution in [0.1, 0.15) is 48.8 Å². The molecule has 0 aliphatic carbocycles. The molecule has 0 spiro atoms. The normalized spacial score (nSPS) is 13.3. The molecule has 1 atom stereocenters. The van der Waals surface area contributed by atoms with E-state index in [1.807, 2.05) is 43.3 Å². The summed E-state index contributed by atoms with van der Waals surface area (Å²) < 4.78 is 2.63. The van der Waals surface area contributed by atoms with Crippen molar-refractivity contribution >= 4 is 21.8 Å². The maximum Gasteiger partial charge on any atom is 0.274 e. The SMILES string of the molecule is CC(C)C[C@@](C)(NC(=O)c1cn(Cc2cccnc2)nn1)c1cccc(Br)c1. The Morgan fingerprint density at radius 3 is 2.79 bits per heavy atom. The highest BCUT2D eigenvalue weighted by atomic mass is 79.9. The van der Waals surface area contributed by atoms with Gasteiger partial charge < -0.3 is 5.32 Å². The summed E-state index contributed by atoms with van der Waals surface area (Å²) in [7, 11) is 0. The number of nitrogens with one attached hydrogen (secondary N) is 1. The van der Waals surface area contributed by atoms with Crippen molar-refractivity contribution in [2.24, 2.45) is 5.92 Å². The molecule has 3 aromatic rings. The van der Waals surface area contributed by atoms with Gasteiger partial charge in [-0.15, -0.1) is 5.10 Å². The molecule has 0 aliphatic rings. The Hall–Kier alpha value is -2.54. The number of carbonyl (C=O) groups excluding carboxylic acids is 1. The van der Waals surface area contributed by atoms with Crippen LogP contribution in [-0.4, -0.2) is 25.9 Å². The number of rotatable bonds is 7. The Kier molecular flexibility index (Phi) is 6.24. The van der Waals surface area contributed by atoms with Crippen LogP contribution in [0.25, 0.3) is 0 Å². The molecule has 28 heavy (non-hydrogen) atoms. The molecule has 2 heterocycles. The van der Waals surface area contributed by atoms with Gasteiger partial charge in [-0.3, -0.25) is 9.78 Å². The van der Waals surface area contributed by atoms with E-state index in [1.165, 1.54) is 0 Å². The van der Waals surface area contributed by atoms with Crippen molar-refractivity contribution in [3.63, 3.8) is 0 Å². The number of hydrogen-bond acceptors (Lipinski definition) is 4. The summed E-state index contributed by atoms with van der Waals surface area (Å²) in [6.07, 6.45) is 5.97. The molecule has 2 aromatic heterocycles. The summed E-state index contributed by atoms with van der Waals surface area (Å²) in [5, 5.41) is 11.3. The van der Waals surface area contributed by atoms with Crippen molar-refractivity contribution in [3.8, 4) is 0 Å². The third-order valence-corrected chi connectivity index (χ3v) is 5.00. The van der Waals surface area contributed by atoms with Gasteiger partial charge in [0.2, 0.25) is 0 Å². The lowest BCUT2D eigenvalue weighted by Crippen LogP contribution is -2.44. The zero-order valence-electron chi connectivity index (χ0n) is 16.3. The molecule has 0 aliphatic heterocycles. The fourth-order valence-electron chi connectivity index (χ4n) is 3.36. The van der Waals surface area contributed by atoms with Crippen molar-refractivity contribution in [1.29, 1.82) is 0 Å². The third-order valence-electron chi connectivity index (χ3n) is 4.51. The predicted octanol–water partition coefficient (Wildman–Crippen LogP) is 4.18. The Balaban J connectivity index is 1.79. The van der Waals surface area contributed by atoms with Crippen LogP contribution in [0.5, 0.6) is 0 Å². The van der Waals surface area contributed by atoms with Gasteiger partial charge in [0, 0.05) is 16.9 Å². The minimum absolute atomic E-state index is 0.236. The minimum atomic E-state index is -0.512. The Labute approximate surface area is 173 Å². The first kappa shape index (κ1) is 20.2. The topological polar surface area (TPSA) is 72.7 Å². The van der Waals surface area contributed by atoms with Gasteiger partial charge in [0.1, 0.15) is 0 Å². The van der Waals surface area contributed by atoms with E-state index in [0.29, 0.717) is 18.2 Å². The molecule has 0 fully saturated rings. The zero-order chi connectivity index (χ0) is 20.1. The number of hydrogen-bond donors (Lipinski definition) is 1. The number of carbonyl (C=O) groups is 1. The molecular formula is C21H24BrN5O. The van der Waals surface area contributed by atoms with Gasteiger partial charge in [-0.1, -0.05) is 53.2 Å². The molecule has 7 heteroatoms. The summed E-state index contributed by atoms with van der Waals surface area (Å²) in [5.41, 5.74) is 1.83. The van der Waals surface area contributed by atoms with Gasteiger partial charge in [0.25, 0.3) is 5.91 Å². The molecule has 1 amide bonds. The second-order valence-electron chi connectivity index (χ2n) is 7.56. The van der Waals surface area contributed by atoms with Gasteiger partial charge in [-0.05, 0) is 48.6 Å². The van der Waals surface area contributed by atoms with Gasteiger partial charge in [-0.25, -0.2) is 4.68 Å². The Morgan fingerprint density at radius 1 is 1.29 bits per heavy atom. The highest BCUT2D eigenvalue weighted by Crippen LogP contribution is 2.30. The second kappa shape index (κ2) is 8.65. The van der Waals surface area contributed by atoms with Gasteiger partial charge >= 0.3 is 0 Å². The van der Waals surface area contributed by atoms with Crippen LogP contribution < -0.4 is 5.32 Å². The molecule has 6 nitrogen and oxygen atoms in total. The van der Waals surface area contributed by atoms with Gasteiger partial charge in [0.05, 0.1) is 18.3 Å². The average molecular weight is 442 g/mol. The summed E-state index contributed by atoms with van der Waals surface area (Å²) in [4.78, 5) is 17.0. The number of aromatic nitrogens is 4. The van der Waals surface area contributed by atoms with Crippen molar-refractivity contribution in [3.05, 3.63) is 76.3 Å². The fourth-order valence-corrected chi connectivity index (χ4v) is 3.76. The van der Waals surface area contributed by atoms with E-state index in [1.54, 1.807) is 23.3 Å². The van der Waals surface area contributed by atoms with Crippen molar-refractivity contribution in [2.45, 2.75) is 39.3 Å². The molecule has 0 unspecified atom stereocenters. The smallest absolute Gasteiger partial charge is 0.274 e. The number of pyridine rings is 1. The largest absolute Gasteiger partial charge is 0.341 e. The molecule has 1 aromatic carbocycles. The average Bonchev–Trinajstić information content (AvgIpc) is 3.10. The highest BCUT2D eigenvalue weighted by molar-refractivity contribution is 9.10. The molecule has 146 valence electrons. The first-order chi connectivity index (χ1) is 13.4. The van der Waals surface area contributed by atoms with Crippen molar-refractivity contribution in [2.75, 3.05) is 0 Å². The van der Waals surface area contributed by atoms with Crippen molar-refractivity contribution in [1.82, 2.24) is 25.3 Å². The van der Waals surface area contributed by atoms with Gasteiger partial charge in [-0.2, -0.15) is 0 Å². The second-order valence-corrected chi connectivity index (χ2v) is 8.47. The molecule has 0 radical (unpaired) electrons. The Bertz CT molecular complexity index is 941. The van der Waals surface area contributed by atoms with E-state index < -0.39 is 5.54 Å². The van der Waals surface area contributed by atoms with Crippen LogP contribution in [0.15, 0.2) is 59.5 Å².